The molecule has 1 aromatic heterocycles. The summed E-state index contributed by atoms with van der Waals surface area (Å²) in [6, 6.07) is 7.86. The molecule has 1 unspecified atom stereocenters. The molecule has 100 valence electrons. The van der Waals surface area contributed by atoms with Crippen LogP contribution in [0.1, 0.15) is 30.9 Å². The molecule has 3 nitrogen and oxygen atoms in total. The van der Waals surface area contributed by atoms with Gasteiger partial charge >= 0.3 is 0 Å². The number of thiazole rings is 1. The summed E-state index contributed by atoms with van der Waals surface area (Å²) in [5, 5.41) is 3.16. The van der Waals surface area contributed by atoms with E-state index in [0.717, 1.165) is 28.6 Å². The predicted octanol–water partition coefficient (Wildman–Crippen LogP) is 3.88. The second-order valence-electron chi connectivity index (χ2n) is 4.87. The van der Waals surface area contributed by atoms with Crippen molar-refractivity contribution in [3.8, 4) is 11.3 Å². The smallest absolute Gasteiger partial charge is 0.122 e. The van der Waals surface area contributed by atoms with Crippen LogP contribution in [0.3, 0.4) is 0 Å². The first-order chi connectivity index (χ1) is 9.29. The standard InChI is InChI=1S/C15H18N2OS/c1-2-18-14(10-7-8-10)15-17-13(9-19-15)11-5-3-4-6-12(11)16/h3-6,9-10,14H,2,7-8,16H2,1H3. The predicted molar refractivity (Wildman–Crippen MR) is 79.1 cm³/mol. The van der Waals surface area contributed by atoms with Crippen molar-refractivity contribution in [3.05, 3.63) is 34.7 Å². The van der Waals surface area contributed by atoms with Gasteiger partial charge in [-0.2, -0.15) is 0 Å². The molecule has 0 radical (unpaired) electrons. The molecule has 1 aliphatic rings. The van der Waals surface area contributed by atoms with Gasteiger partial charge in [0.05, 0.1) is 5.69 Å². The number of nitrogens with zero attached hydrogens (tertiary/aromatic N) is 1. The first-order valence-corrected chi connectivity index (χ1v) is 7.59. The number of aromatic nitrogens is 1. The molecule has 0 aliphatic heterocycles. The number of nitrogen functional groups attached to an aromatic ring is 1. The van der Waals surface area contributed by atoms with Crippen molar-refractivity contribution in [2.75, 3.05) is 12.3 Å². The van der Waals surface area contributed by atoms with Crippen LogP contribution in [-0.4, -0.2) is 11.6 Å². The van der Waals surface area contributed by atoms with Gasteiger partial charge < -0.3 is 10.5 Å². The average molecular weight is 274 g/mol. The summed E-state index contributed by atoms with van der Waals surface area (Å²) in [4.78, 5) is 4.74. The number of benzene rings is 1. The first-order valence-electron chi connectivity index (χ1n) is 6.71. The van der Waals surface area contributed by atoms with E-state index >= 15 is 0 Å². The van der Waals surface area contributed by atoms with Crippen molar-refractivity contribution in [2.24, 2.45) is 5.92 Å². The number of hydrogen-bond donors (Lipinski definition) is 1. The van der Waals surface area contributed by atoms with Gasteiger partial charge in [0.25, 0.3) is 0 Å². The molecule has 1 atom stereocenters. The minimum absolute atomic E-state index is 0.175. The van der Waals surface area contributed by atoms with Gasteiger partial charge in [0, 0.05) is 23.2 Å². The second-order valence-corrected chi connectivity index (χ2v) is 5.76. The largest absolute Gasteiger partial charge is 0.398 e. The normalized spacial score (nSPS) is 16.5. The molecule has 1 aliphatic carbocycles. The third-order valence-electron chi connectivity index (χ3n) is 3.40. The molecule has 0 spiro atoms. The molecule has 2 aromatic rings. The van der Waals surface area contributed by atoms with Gasteiger partial charge in [0.1, 0.15) is 11.1 Å². The fourth-order valence-corrected chi connectivity index (χ4v) is 3.22. The SMILES string of the molecule is CCOC(c1nc(-c2ccccc2N)cs1)C1CC1. The Labute approximate surface area is 117 Å². The van der Waals surface area contributed by atoms with E-state index in [2.05, 4.69) is 5.38 Å². The van der Waals surface area contributed by atoms with Crippen molar-refractivity contribution < 1.29 is 4.74 Å². The lowest BCUT2D eigenvalue weighted by atomic mass is 10.1. The minimum Gasteiger partial charge on any atom is -0.398 e. The summed E-state index contributed by atoms with van der Waals surface area (Å²) in [6.45, 7) is 2.78. The number of para-hydroxylation sites is 1. The maximum atomic E-state index is 6.00. The van der Waals surface area contributed by atoms with E-state index in [9.17, 15) is 0 Å². The highest BCUT2D eigenvalue weighted by Crippen LogP contribution is 2.44. The van der Waals surface area contributed by atoms with Gasteiger partial charge in [-0.15, -0.1) is 11.3 Å². The molecule has 0 saturated heterocycles. The Kier molecular flexibility index (Phi) is 3.53. The van der Waals surface area contributed by atoms with E-state index in [0.29, 0.717) is 5.92 Å². The molecule has 4 heteroatoms. The van der Waals surface area contributed by atoms with Crippen LogP contribution in [0.5, 0.6) is 0 Å². The summed E-state index contributed by atoms with van der Waals surface area (Å²) in [7, 11) is 0. The van der Waals surface area contributed by atoms with E-state index in [-0.39, 0.29) is 6.10 Å². The molecule has 1 saturated carbocycles. The van der Waals surface area contributed by atoms with Crippen LogP contribution in [0.25, 0.3) is 11.3 Å². The van der Waals surface area contributed by atoms with Crippen LogP contribution in [0.4, 0.5) is 5.69 Å². The van der Waals surface area contributed by atoms with Gasteiger partial charge in [-0.05, 0) is 31.7 Å². The van der Waals surface area contributed by atoms with Crippen LogP contribution in [-0.2, 0) is 4.74 Å². The minimum atomic E-state index is 0.175. The molecule has 0 amide bonds. The number of nitrogens with two attached hydrogens (primary N) is 1. The number of anilines is 1. The van der Waals surface area contributed by atoms with E-state index < -0.39 is 0 Å². The van der Waals surface area contributed by atoms with Crippen molar-refractivity contribution in [3.63, 3.8) is 0 Å². The van der Waals surface area contributed by atoms with Gasteiger partial charge in [-0.1, -0.05) is 18.2 Å². The molecule has 0 bridgehead atoms. The zero-order chi connectivity index (χ0) is 13.2. The van der Waals surface area contributed by atoms with Gasteiger partial charge in [-0.25, -0.2) is 4.98 Å². The molecular formula is C15H18N2OS. The quantitative estimate of drug-likeness (QED) is 0.842. The average Bonchev–Trinajstić information content (AvgIpc) is 3.14. The Balaban J connectivity index is 1.88. The van der Waals surface area contributed by atoms with Crippen molar-refractivity contribution >= 4 is 17.0 Å². The fourth-order valence-electron chi connectivity index (χ4n) is 2.26. The van der Waals surface area contributed by atoms with Crippen molar-refractivity contribution in [1.29, 1.82) is 0 Å². The Hall–Kier alpha value is -1.39. The van der Waals surface area contributed by atoms with Crippen LogP contribution in [0, 0.1) is 5.92 Å². The second kappa shape index (κ2) is 5.31. The third-order valence-corrected chi connectivity index (χ3v) is 4.30. The monoisotopic (exact) mass is 274 g/mol. The van der Waals surface area contributed by atoms with Gasteiger partial charge in [-0.3, -0.25) is 0 Å². The highest BCUT2D eigenvalue weighted by atomic mass is 32.1. The maximum absolute atomic E-state index is 6.00. The third kappa shape index (κ3) is 2.65. The van der Waals surface area contributed by atoms with E-state index in [1.54, 1.807) is 11.3 Å². The van der Waals surface area contributed by atoms with E-state index in [4.69, 9.17) is 15.5 Å². The topological polar surface area (TPSA) is 48.1 Å². The van der Waals surface area contributed by atoms with E-state index in [1.165, 1.54) is 12.8 Å². The number of hydrogen-bond acceptors (Lipinski definition) is 4. The van der Waals surface area contributed by atoms with Crippen LogP contribution in [0.15, 0.2) is 29.6 Å². The Morgan fingerprint density at radius 1 is 1.42 bits per heavy atom. The fraction of sp³-hybridized carbons (Fsp3) is 0.400. The van der Waals surface area contributed by atoms with E-state index in [1.807, 2.05) is 31.2 Å². The first kappa shape index (κ1) is 12.6. The summed E-state index contributed by atoms with van der Waals surface area (Å²) in [5.74, 6) is 0.659. The lowest BCUT2D eigenvalue weighted by Crippen LogP contribution is -2.06. The van der Waals surface area contributed by atoms with Gasteiger partial charge in [0.2, 0.25) is 0 Å². The highest BCUT2D eigenvalue weighted by molar-refractivity contribution is 7.10. The molecular weight excluding hydrogens is 256 g/mol. The highest BCUT2D eigenvalue weighted by Gasteiger charge is 2.34. The van der Waals surface area contributed by atoms with Crippen LogP contribution in [0.2, 0.25) is 0 Å². The Morgan fingerprint density at radius 2 is 2.21 bits per heavy atom. The molecule has 1 fully saturated rings. The Morgan fingerprint density at radius 3 is 2.89 bits per heavy atom. The van der Waals surface area contributed by atoms with Crippen molar-refractivity contribution in [1.82, 2.24) is 4.98 Å². The summed E-state index contributed by atoms with van der Waals surface area (Å²) >= 11 is 1.68. The summed E-state index contributed by atoms with van der Waals surface area (Å²) in [5.41, 5.74) is 8.75. The molecule has 1 heterocycles. The number of ether oxygens (including phenoxy) is 1. The van der Waals surface area contributed by atoms with Crippen molar-refractivity contribution in [2.45, 2.75) is 25.9 Å². The molecule has 19 heavy (non-hydrogen) atoms. The lowest BCUT2D eigenvalue weighted by Gasteiger charge is -2.12. The number of rotatable bonds is 5. The molecule has 2 N–H and O–H groups in total. The summed E-state index contributed by atoms with van der Waals surface area (Å²) < 4.78 is 5.85. The van der Waals surface area contributed by atoms with Crippen LogP contribution >= 0.6 is 11.3 Å². The molecule has 1 aromatic carbocycles. The summed E-state index contributed by atoms with van der Waals surface area (Å²) in [6.07, 6.45) is 2.69. The zero-order valence-corrected chi connectivity index (χ0v) is 11.8. The van der Waals surface area contributed by atoms with Crippen LogP contribution < -0.4 is 5.73 Å². The maximum Gasteiger partial charge on any atom is 0.122 e. The molecule has 3 rings (SSSR count). The zero-order valence-electron chi connectivity index (χ0n) is 11.0. The lowest BCUT2D eigenvalue weighted by molar-refractivity contribution is 0.0462. The Bertz CT molecular complexity index is 563. The van der Waals surface area contributed by atoms with Gasteiger partial charge in [0.15, 0.2) is 0 Å².